The second-order valence-corrected chi connectivity index (χ2v) is 24.8. The molecule has 0 aliphatic carbocycles. The van der Waals surface area contributed by atoms with E-state index in [1.165, 1.54) is 12.1 Å². The van der Waals surface area contributed by atoms with Crippen molar-refractivity contribution in [2.24, 2.45) is 5.41 Å². The van der Waals surface area contributed by atoms with Crippen LogP contribution in [0.3, 0.4) is 0 Å². The van der Waals surface area contributed by atoms with E-state index in [0.29, 0.717) is 38.5 Å². The van der Waals surface area contributed by atoms with E-state index >= 15 is 17.6 Å². The molecule has 3 aromatic carbocycles. The van der Waals surface area contributed by atoms with Crippen LogP contribution in [0.15, 0.2) is 54.0 Å². The number of aryl methyl sites for hydroxylation is 1. The summed E-state index contributed by atoms with van der Waals surface area (Å²) in [6, 6.07) is 13.0. The van der Waals surface area contributed by atoms with Crippen LogP contribution in [0.1, 0.15) is 101 Å². The Labute approximate surface area is 475 Å². The quantitative estimate of drug-likeness (QED) is 0.0331. The number of aromatic nitrogens is 3. The number of carbonyl (C=O) groups is 2. The first-order valence-corrected chi connectivity index (χ1v) is 29.4. The molecule has 17 nitrogen and oxygen atoms in total. The van der Waals surface area contributed by atoms with Crippen LogP contribution >= 0.6 is 22.7 Å². The van der Waals surface area contributed by atoms with Crippen LogP contribution in [-0.4, -0.2) is 142 Å². The highest BCUT2D eigenvalue weighted by atomic mass is 32.1. The molecule has 23 heteroatoms. The molecule has 4 aliphatic rings. The van der Waals surface area contributed by atoms with Gasteiger partial charge in [0, 0.05) is 68.1 Å². The van der Waals surface area contributed by atoms with Gasteiger partial charge in [-0.3, -0.25) is 19.4 Å². The number of nitrogen functional groups attached to an aromatic ring is 1. The number of hydrogen-bond acceptors (Lipinski definition) is 17. The first-order valence-electron chi connectivity index (χ1n) is 27.7. The lowest BCUT2D eigenvalue weighted by Gasteiger charge is -2.40. The van der Waals surface area contributed by atoms with Gasteiger partial charge in [0.1, 0.15) is 35.5 Å². The smallest absolute Gasteiger partial charge is 0.417 e. The third-order valence-electron chi connectivity index (χ3n) is 16.2. The number of likely N-dealkylation sites (tertiary alicyclic amines) is 2. The fourth-order valence-corrected chi connectivity index (χ4v) is 13.8. The summed E-state index contributed by atoms with van der Waals surface area (Å²) in [4.78, 5) is 48.1. The number of nitrogens with two attached hydrogens (primary N) is 1. The summed E-state index contributed by atoms with van der Waals surface area (Å²) in [6.07, 6.45) is -2.54. The number of carbonyl (C=O) groups excluding carboxylic acids is 2. The van der Waals surface area contributed by atoms with Crippen molar-refractivity contribution in [3.63, 3.8) is 0 Å². The molecule has 7 N–H and O–H groups in total. The molecule has 2 bridgehead atoms. The maximum absolute atomic E-state index is 15.2. The Morgan fingerprint density at radius 3 is 2.46 bits per heavy atom. The number of aliphatic hydroxyl groups excluding tert-OH is 2. The van der Waals surface area contributed by atoms with Gasteiger partial charge in [-0.05, 0) is 105 Å². The first-order chi connectivity index (χ1) is 38.6. The molecule has 4 saturated heterocycles. The second kappa shape index (κ2) is 24.0. The molecule has 6 aromatic rings. The van der Waals surface area contributed by atoms with Gasteiger partial charge in [-0.2, -0.15) is 28.4 Å². The molecular weight excluding hydrogens is 1090 g/mol. The van der Waals surface area contributed by atoms with Crippen molar-refractivity contribution in [3.8, 4) is 33.6 Å². The molecule has 81 heavy (non-hydrogen) atoms. The van der Waals surface area contributed by atoms with Gasteiger partial charge < -0.3 is 46.3 Å². The van der Waals surface area contributed by atoms with E-state index in [1.54, 1.807) is 16.2 Å². The van der Waals surface area contributed by atoms with Gasteiger partial charge in [-0.1, -0.05) is 51.1 Å². The van der Waals surface area contributed by atoms with Crippen molar-refractivity contribution >= 4 is 66.3 Å². The van der Waals surface area contributed by atoms with Crippen molar-refractivity contribution < 1.29 is 46.8 Å². The number of thiophene rings is 1. The largest absolute Gasteiger partial charge is 0.462 e. The lowest BCUT2D eigenvalue weighted by molar-refractivity contribution is -0.137. The van der Waals surface area contributed by atoms with E-state index in [4.69, 9.17) is 25.2 Å². The standard InChI is InChI=1S/C58H69F4N11O6S2/c1-31(33-9-11-34(12-10-33)49-32(2)65-30-80-49)66-54(76)46-22-38(74)28-73(46)55(77)51(57(3,4)5)69-47(75)17-21-78-20-7-19-71-18-6-8-37(71)29-79-56-68-45-24-40(39-15-16-44(59)50-48(39)42(25-63)52(64)81-50)43(58(60,61)62)23-41(45)53(70-56)72-26-35-13-14-36(27-72)67-35/h9-12,15-16,23-24,30-31,35-38,46,51,55,67,74,77H,6-8,13-14,17-22,26-29,64H2,1-5H3,(H,66,76)(H,69,75)/t31-,35?,36?,37-,38+,46-,51+,55?/m0/s1. The summed E-state index contributed by atoms with van der Waals surface area (Å²) >= 11 is 2.38. The molecule has 10 rings (SSSR count). The SMILES string of the molecule is Cc1ncsc1-c1ccc([C@H](C)NC(=O)[C@@H]2C[C@@H](O)CN2C(O)[C@@H](NC(=O)CCOCCCN2CCC[C@H]2COc2nc(N3CC4CCC(C3)N4)c3cc(C(F)(F)F)c(-c4ccc(F)c5sc(N)c(C#N)c45)cc3n2)C(C)(C)C)cc1. The Morgan fingerprint density at radius 2 is 1.77 bits per heavy atom. The lowest BCUT2D eigenvalue weighted by atomic mass is 9.84. The number of hydrogen-bond donors (Lipinski definition) is 6. The molecule has 2 amide bonds. The summed E-state index contributed by atoms with van der Waals surface area (Å²) in [5, 5.41) is 42.5. The van der Waals surface area contributed by atoms with E-state index in [-0.39, 0.29) is 117 Å². The fraction of sp³-hybridized carbons (Fsp3) is 0.517. The summed E-state index contributed by atoms with van der Waals surface area (Å²) in [7, 11) is 0. The van der Waals surface area contributed by atoms with Gasteiger partial charge in [0.15, 0.2) is 0 Å². The van der Waals surface area contributed by atoms with E-state index in [0.717, 1.165) is 77.4 Å². The number of amides is 2. The minimum absolute atomic E-state index is 0.00592. The maximum atomic E-state index is 15.2. The van der Waals surface area contributed by atoms with Gasteiger partial charge >= 0.3 is 12.2 Å². The minimum Gasteiger partial charge on any atom is -0.462 e. The molecule has 4 aliphatic heterocycles. The van der Waals surface area contributed by atoms with Crippen molar-refractivity contribution in [2.75, 3.05) is 63.2 Å². The first kappa shape index (κ1) is 58.1. The summed E-state index contributed by atoms with van der Waals surface area (Å²) < 4.78 is 73.1. The molecule has 4 fully saturated rings. The maximum Gasteiger partial charge on any atom is 0.417 e. The van der Waals surface area contributed by atoms with Crippen LogP contribution in [0.5, 0.6) is 6.01 Å². The monoisotopic (exact) mass is 1160 g/mol. The van der Waals surface area contributed by atoms with Gasteiger partial charge in [0.25, 0.3) is 0 Å². The number of anilines is 2. The van der Waals surface area contributed by atoms with Crippen molar-refractivity contribution in [1.82, 2.24) is 40.7 Å². The van der Waals surface area contributed by atoms with Gasteiger partial charge in [-0.15, -0.1) is 22.7 Å². The number of β-amino-alcohol motifs (C(OH)–C–C–N with tert-alkyl or cyclic N) is 1. The number of rotatable bonds is 19. The Kier molecular flexibility index (Phi) is 17.2. The number of alkyl halides is 3. The number of halogens is 4. The normalized spacial score (nSPS) is 21.9. The molecule has 8 atom stereocenters. The number of nitrogens with zero attached hydrogens (tertiary/aromatic N) is 7. The lowest BCUT2D eigenvalue weighted by Crippen LogP contribution is -2.60. The molecule has 3 unspecified atom stereocenters. The topological polar surface area (TPSA) is 227 Å². The number of ether oxygens (including phenoxy) is 2. The minimum atomic E-state index is -4.84. The Balaban J connectivity index is 0.747. The zero-order chi connectivity index (χ0) is 57.5. The van der Waals surface area contributed by atoms with Crippen LogP contribution in [-0.2, 0) is 20.5 Å². The van der Waals surface area contributed by atoms with E-state index in [1.807, 2.05) is 75.4 Å². The molecule has 7 heterocycles. The highest BCUT2D eigenvalue weighted by molar-refractivity contribution is 7.23. The average molecular weight is 1160 g/mol. The van der Waals surface area contributed by atoms with E-state index in [9.17, 15) is 25.1 Å². The number of thiazole rings is 1. The highest BCUT2D eigenvalue weighted by Crippen LogP contribution is 2.47. The van der Waals surface area contributed by atoms with Crippen LogP contribution in [0.4, 0.5) is 28.4 Å². The second-order valence-electron chi connectivity index (χ2n) is 22.9. The Bertz CT molecular complexity index is 3300. The van der Waals surface area contributed by atoms with Gasteiger partial charge in [0.2, 0.25) is 11.8 Å². The van der Waals surface area contributed by atoms with Crippen molar-refractivity contribution in [1.29, 1.82) is 5.26 Å². The zero-order valence-corrected chi connectivity index (χ0v) is 47.6. The van der Waals surface area contributed by atoms with Crippen LogP contribution in [0, 0.1) is 29.5 Å². The number of aliphatic hydroxyl groups is 2. The van der Waals surface area contributed by atoms with E-state index in [2.05, 4.69) is 25.8 Å². The molecule has 432 valence electrons. The van der Waals surface area contributed by atoms with Gasteiger partial charge in [-0.25, -0.2) is 9.37 Å². The Hall–Kier alpha value is -6.10. The number of nitrogens with one attached hydrogen (secondary N) is 3. The molecular formula is C58H69F4N11O6S2. The number of piperazine rings is 1. The average Bonchev–Trinajstić information content (AvgIpc) is 4.49. The summed E-state index contributed by atoms with van der Waals surface area (Å²) in [5.74, 6) is -1.02. The summed E-state index contributed by atoms with van der Waals surface area (Å²) in [6.45, 7) is 12.9. The third-order valence-corrected chi connectivity index (χ3v) is 18.2. The van der Waals surface area contributed by atoms with E-state index < -0.39 is 47.4 Å². The predicted molar refractivity (Wildman–Crippen MR) is 304 cm³/mol. The van der Waals surface area contributed by atoms with Crippen LogP contribution in [0.2, 0.25) is 0 Å². The third kappa shape index (κ3) is 12.6. The molecule has 0 saturated carbocycles. The van der Waals surface area contributed by atoms with Crippen LogP contribution in [0.25, 0.3) is 42.6 Å². The highest BCUT2D eigenvalue weighted by Gasteiger charge is 2.46. The number of nitriles is 1. The predicted octanol–water partition coefficient (Wildman–Crippen LogP) is 8.30. The molecule has 3 aromatic heterocycles. The van der Waals surface area contributed by atoms with Crippen molar-refractivity contribution in [2.45, 2.75) is 134 Å². The Morgan fingerprint density at radius 1 is 1.01 bits per heavy atom. The number of fused-ring (bicyclic) bond motifs is 4. The van der Waals surface area contributed by atoms with Crippen molar-refractivity contribution in [3.05, 3.63) is 82.2 Å². The number of benzene rings is 3. The van der Waals surface area contributed by atoms with Crippen LogP contribution < -0.4 is 31.3 Å². The fourth-order valence-electron chi connectivity index (χ4n) is 12.0. The molecule has 0 spiro atoms. The van der Waals surface area contributed by atoms with Gasteiger partial charge in [0.05, 0.1) is 68.3 Å². The molecule has 0 radical (unpaired) electrons. The zero-order valence-electron chi connectivity index (χ0n) is 46.0. The summed E-state index contributed by atoms with van der Waals surface area (Å²) in [5.41, 5.74) is 9.05.